The normalized spacial score (nSPS) is 22.1. The van der Waals surface area contributed by atoms with E-state index in [2.05, 4.69) is 30.1 Å². The number of piperidine rings is 1. The lowest BCUT2D eigenvalue weighted by molar-refractivity contribution is -0.000523. The Morgan fingerprint density at radius 1 is 1.42 bits per heavy atom. The zero-order chi connectivity index (χ0) is 13.9. The van der Waals surface area contributed by atoms with Gasteiger partial charge in [0.15, 0.2) is 0 Å². The monoisotopic (exact) mass is 267 g/mol. The van der Waals surface area contributed by atoms with Crippen LogP contribution in [0.3, 0.4) is 0 Å². The lowest BCUT2D eigenvalue weighted by Gasteiger charge is -2.33. The van der Waals surface area contributed by atoms with Crippen LogP contribution in [0.1, 0.15) is 46.0 Å². The van der Waals surface area contributed by atoms with Gasteiger partial charge in [0.2, 0.25) is 0 Å². The van der Waals surface area contributed by atoms with Gasteiger partial charge in [-0.05, 0) is 45.2 Å². The lowest BCUT2D eigenvalue weighted by atomic mass is 10.1. The maximum Gasteiger partial charge on any atom is 0.0965 e. The Hall–Kier alpha value is -0.630. The Balaban J connectivity index is 2.22. The second-order valence-corrected chi connectivity index (χ2v) is 5.36. The highest BCUT2D eigenvalue weighted by molar-refractivity contribution is 4.90. The van der Waals surface area contributed by atoms with Crippen LogP contribution in [-0.2, 0) is 4.74 Å². The Bertz CT molecular complexity index is 265. The van der Waals surface area contributed by atoms with E-state index in [-0.39, 0.29) is 6.04 Å². The molecule has 0 aromatic carbocycles. The fourth-order valence-corrected chi connectivity index (χ4v) is 2.48. The SMILES string of the molecule is CCCNC(C#N)CCN1CCCC(OCCC)C1. The molecular weight excluding hydrogens is 238 g/mol. The van der Waals surface area contributed by atoms with Crippen LogP contribution in [0, 0.1) is 11.3 Å². The summed E-state index contributed by atoms with van der Waals surface area (Å²) >= 11 is 0. The molecule has 19 heavy (non-hydrogen) atoms. The van der Waals surface area contributed by atoms with Gasteiger partial charge in [0.25, 0.3) is 0 Å². The van der Waals surface area contributed by atoms with E-state index in [1.54, 1.807) is 0 Å². The molecule has 2 atom stereocenters. The fraction of sp³-hybridized carbons (Fsp3) is 0.933. The molecule has 4 heteroatoms. The summed E-state index contributed by atoms with van der Waals surface area (Å²) in [6, 6.07) is 2.35. The van der Waals surface area contributed by atoms with Crippen molar-refractivity contribution in [1.29, 1.82) is 5.26 Å². The molecule has 0 radical (unpaired) electrons. The molecule has 1 fully saturated rings. The highest BCUT2D eigenvalue weighted by Crippen LogP contribution is 2.14. The third-order valence-corrected chi connectivity index (χ3v) is 3.55. The predicted octanol–water partition coefficient (Wildman–Crippen LogP) is 2.16. The molecule has 110 valence electrons. The first-order valence-corrected chi connectivity index (χ1v) is 7.77. The minimum atomic E-state index is -0.00288. The van der Waals surface area contributed by atoms with Crippen LogP contribution in [0.25, 0.3) is 0 Å². The molecule has 1 aliphatic rings. The van der Waals surface area contributed by atoms with Crippen molar-refractivity contribution in [3.8, 4) is 6.07 Å². The molecule has 1 aliphatic heterocycles. The minimum Gasteiger partial charge on any atom is -0.377 e. The molecule has 2 unspecified atom stereocenters. The van der Waals surface area contributed by atoms with Crippen molar-refractivity contribution in [2.24, 2.45) is 0 Å². The predicted molar refractivity (Wildman–Crippen MR) is 78.0 cm³/mol. The second-order valence-electron chi connectivity index (χ2n) is 5.36. The first kappa shape index (κ1) is 16.4. The molecule has 0 amide bonds. The summed E-state index contributed by atoms with van der Waals surface area (Å²) in [4.78, 5) is 2.45. The van der Waals surface area contributed by atoms with Crippen LogP contribution in [-0.4, -0.2) is 49.8 Å². The number of hydrogen-bond donors (Lipinski definition) is 1. The van der Waals surface area contributed by atoms with Crippen LogP contribution in [0.5, 0.6) is 0 Å². The maximum atomic E-state index is 9.09. The van der Waals surface area contributed by atoms with E-state index in [9.17, 15) is 0 Å². The summed E-state index contributed by atoms with van der Waals surface area (Å²) in [5.41, 5.74) is 0. The van der Waals surface area contributed by atoms with E-state index >= 15 is 0 Å². The molecule has 1 saturated heterocycles. The van der Waals surface area contributed by atoms with Crippen molar-refractivity contribution in [2.45, 2.75) is 58.1 Å². The Labute approximate surface area is 118 Å². The molecular formula is C15H29N3O. The van der Waals surface area contributed by atoms with Gasteiger partial charge in [-0.2, -0.15) is 5.26 Å². The van der Waals surface area contributed by atoms with Crippen LogP contribution in [0.4, 0.5) is 0 Å². The van der Waals surface area contributed by atoms with Crippen LogP contribution >= 0.6 is 0 Å². The van der Waals surface area contributed by atoms with E-state index in [1.165, 1.54) is 12.8 Å². The number of nitriles is 1. The van der Waals surface area contributed by atoms with Crippen molar-refractivity contribution in [1.82, 2.24) is 10.2 Å². The molecule has 0 bridgehead atoms. The average Bonchev–Trinajstić information content (AvgIpc) is 2.46. The maximum absolute atomic E-state index is 9.09. The van der Waals surface area contributed by atoms with Crippen molar-refractivity contribution in [3.63, 3.8) is 0 Å². The summed E-state index contributed by atoms with van der Waals surface area (Å²) < 4.78 is 5.84. The third-order valence-electron chi connectivity index (χ3n) is 3.55. The number of nitrogens with one attached hydrogen (secondary N) is 1. The molecule has 0 spiro atoms. The summed E-state index contributed by atoms with van der Waals surface area (Å²) in [5.74, 6) is 0. The van der Waals surface area contributed by atoms with Gasteiger partial charge in [-0.3, -0.25) is 0 Å². The summed E-state index contributed by atoms with van der Waals surface area (Å²) in [5, 5.41) is 12.4. The first-order chi connectivity index (χ1) is 9.30. The Morgan fingerprint density at radius 2 is 2.26 bits per heavy atom. The van der Waals surface area contributed by atoms with Gasteiger partial charge in [0.1, 0.15) is 0 Å². The number of ether oxygens (including phenoxy) is 1. The summed E-state index contributed by atoms with van der Waals surface area (Å²) in [6.07, 6.45) is 5.89. The number of rotatable bonds is 9. The van der Waals surface area contributed by atoms with Gasteiger partial charge in [0, 0.05) is 19.7 Å². The van der Waals surface area contributed by atoms with E-state index in [4.69, 9.17) is 10.00 Å². The van der Waals surface area contributed by atoms with Crippen LogP contribution in [0.15, 0.2) is 0 Å². The molecule has 0 aromatic rings. The van der Waals surface area contributed by atoms with E-state index < -0.39 is 0 Å². The Kier molecular flexibility index (Phi) is 8.81. The van der Waals surface area contributed by atoms with Gasteiger partial charge in [-0.15, -0.1) is 0 Å². The van der Waals surface area contributed by atoms with Crippen molar-refractivity contribution >= 4 is 0 Å². The summed E-state index contributed by atoms with van der Waals surface area (Å²) in [7, 11) is 0. The first-order valence-electron chi connectivity index (χ1n) is 7.77. The fourth-order valence-electron chi connectivity index (χ4n) is 2.48. The number of hydrogen-bond acceptors (Lipinski definition) is 4. The standard InChI is InChI=1S/C15H29N3O/c1-3-8-17-14(12-16)7-10-18-9-5-6-15(13-18)19-11-4-2/h14-15,17H,3-11,13H2,1-2H3. The topological polar surface area (TPSA) is 48.3 Å². The summed E-state index contributed by atoms with van der Waals surface area (Å²) in [6.45, 7) is 9.27. The Morgan fingerprint density at radius 3 is 2.95 bits per heavy atom. The molecule has 0 aliphatic carbocycles. The minimum absolute atomic E-state index is 0.00288. The third kappa shape index (κ3) is 6.91. The van der Waals surface area contributed by atoms with Crippen molar-refractivity contribution in [2.75, 3.05) is 32.8 Å². The molecule has 1 N–H and O–H groups in total. The van der Waals surface area contributed by atoms with E-state index in [1.807, 2.05) is 0 Å². The molecule has 0 aromatic heterocycles. The van der Waals surface area contributed by atoms with Crippen LogP contribution < -0.4 is 5.32 Å². The largest absolute Gasteiger partial charge is 0.377 e. The zero-order valence-corrected chi connectivity index (χ0v) is 12.5. The lowest BCUT2D eigenvalue weighted by Crippen LogP contribution is -2.42. The molecule has 1 rings (SSSR count). The average molecular weight is 267 g/mol. The number of likely N-dealkylation sites (tertiary alicyclic amines) is 1. The van der Waals surface area contributed by atoms with Crippen molar-refractivity contribution < 1.29 is 4.74 Å². The van der Waals surface area contributed by atoms with Crippen molar-refractivity contribution in [3.05, 3.63) is 0 Å². The quantitative estimate of drug-likeness (QED) is 0.695. The van der Waals surface area contributed by atoms with Gasteiger partial charge in [-0.25, -0.2) is 0 Å². The molecule has 4 nitrogen and oxygen atoms in total. The van der Waals surface area contributed by atoms with E-state index in [0.29, 0.717) is 6.10 Å². The zero-order valence-electron chi connectivity index (χ0n) is 12.5. The smallest absolute Gasteiger partial charge is 0.0965 e. The highest BCUT2D eigenvalue weighted by atomic mass is 16.5. The number of nitrogens with zero attached hydrogens (tertiary/aromatic N) is 2. The highest BCUT2D eigenvalue weighted by Gasteiger charge is 2.20. The van der Waals surface area contributed by atoms with Gasteiger partial charge in [0.05, 0.1) is 18.2 Å². The molecule has 1 heterocycles. The van der Waals surface area contributed by atoms with Gasteiger partial charge >= 0.3 is 0 Å². The second kappa shape index (κ2) is 10.2. The molecule has 0 saturated carbocycles. The van der Waals surface area contributed by atoms with Gasteiger partial charge < -0.3 is 15.0 Å². The van der Waals surface area contributed by atoms with Crippen LogP contribution in [0.2, 0.25) is 0 Å². The van der Waals surface area contributed by atoms with Gasteiger partial charge in [-0.1, -0.05) is 13.8 Å². The van der Waals surface area contributed by atoms with E-state index in [0.717, 1.165) is 52.0 Å².